The van der Waals surface area contributed by atoms with Gasteiger partial charge in [-0.3, -0.25) is 4.57 Å². The minimum atomic E-state index is 0.602. The third-order valence-electron chi connectivity index (χ3n) is 11.0. The normalized spacial score (nSPS) is 11.7. The second-order valence-corrected chi connectivity index (χ2v) is 13.8. The van der Waals surface area contributed by atoms with Gasteiger partial charge in [-0.25, -0.2) is 4.98 Å². The van der Waals surface area contributed by atoms with Crippen molar-refractivity contribution in [3.05, 3.63) is 177 Å². The van der Waals surface area contributed by atoms with Crippen molar-refractivity contribution >= 4 is 87.5 Å². The lowest BCUT2D eigenvalue weighted by Crippen LogP contribution is -2.03. The quantitative estimate of drug-likeness (QED) is 0.171. The Morgan fingerprint density at radius 3 is 1.55 bits per heavy atom. The van der Waals surface area contributed by atoms with Gasteiger partial charge in [-0.05, 0) is 60.2 Å². The molecule has 6 nitrogen and oxygen atoms in total. The molecule has 0 unspecified atom stereocenters. The smallest absolute Gasteiger partial charge is 0.160 e. The summed E-state index contributed by atoms with van der Waals surface area (Å²) in [4.78, 5) is 5.31. The van der Waals surface area contributed by atoms with Crippen LogP contribution in [-0.2, 0) is 0 Å². The number of hydrogen-bond donors (Lipinski definition) is 0. The first kappa shape index (κ1) is 31.6. The first-order valence-corrected chi connectivity index (χ1v) is 18.4. The molecular weight excluding hydrogens is 689 g/mol. The van der Waals surface area contributed by atoms with Gasteiger partial charge < -0.3 is 13.4 Å². The van der Waals surface area contributed by atoms with Gasteiger partial charge in [0.1, 0.15) is 17.0 Å². The first-order valence-electron chi connectivity index (χ1n) is 18.4. The standard InChI is InChI=1S/C48H26N4O2.C2H4/c49-26-28-17-19-29(20-18-28)38-25-44(52-40-14-6-2-10-31(40)35-22-24-37-33-12-4-8-16-43(33)54-48(37)46(35)52)50-27-41(38)51-39-13-5-1-9-30(39)34-21-23-36-32-11-3-7-15-42(32)53-47(36)45(34)51;1-2/h1-25,27H;1-2H2. The van der Waals surface area contributed by atoms with Gasteiger partial charge in [-0.1, -0.05) is 97.1 Å². The van der Waals surface area contributed by atoms with Crippen LogP contribution in [0.5, 0.6) is 0 Å². The van der Waals surface area contributed by atoms with E-state index in [9.17, 15) is 5.26 Å². The third-order valence-corrected chi connectivity index (χ3v) is 11.0. The van der Waals surface area contributed by atoms with Crippen molar-refractivity contribution in [1.29, 1.82) is 5.26 Å². The molecule has 0 saturated heterocycles. The molecule has 12 rings (SSSR count). The topological polar surface area (TPSA) is 72.8 Å². The Balaban J connectivity index is 0.00000179. The van der Waals surface area contributed by atoms with Crippen LogP contribution in [0, 0.1) is 11.3 Å². The van der Waals surface area contributed by atoms with Crippen LogP contribution in [0.15, 0.2) is 180 Å². The van der Waals surface area contributed by atoms with Gasteiger partial charge in [0.25, 0.3) is 0 Å². The molecule has 5 heterocycles. The van der Waals surface area contributed by atoms with E-state index < -0.39 is 0 Å². The monoisotopic (exact) mass is 718 g/mol. The Kier molecular flexibility index (Phi) is 6.82. The average Bonchev–Trinajstić information content (AvgIpc) is 4.02. The maximum Gasteiger partial charge on any atom is 0.160 e. The highest BCUT2D eigenvalue weighted by Gasteiger charge is 2.24. The van der Waals surface area contributed by atoms with E-state index >= 15 is 0 Å². The number of para-hydroxylation sites is 4. The molecule has 0 amide bonds. The SMILES string of the molecule is C=C.N#Cc1ccc(-c2cc(-n3c4ccccc4c4ccc5c6ccccc6oc5c43)ncc2-n2c3ccccc3c3ccc4c5ccccc5oc4c32)cc1. The minimum absolute atomic E-state index is 0.602. The molecule has 7 aromatic carbocycles. The number of furan rings is 2. The summed E-state index contributed by atoms with van der Waals surface area (Å²) in [6, 6.07) is 54.3. The number of nitrogens with zero attached hydrogens (tertiary/aromatic N) is 4. The molecule has 0 aliphatic rings. The van der Waals surface area contributed by atoms with Crippen LogP contribution in [0.4, 0.5) is 0 Å². The molecule has 0 bridgehead atoms. The molecule has 56 heavy (non-hydrogen) atoms. The average molecular weight is 719 g/mol. The van der Waals surface area contributed by atoms with Crippen molar-refractivity contribution < 1.29 is 8.83 Å². The Bertz CT molecular complexity index is 3590. The molecule has 6 heteroatoms. The Labute approximate surface area is 320 Å². The molecule has 262 valence electrons. The highest BCUT2D eigenvalue weighted by molar-refractivity contribution is 6.23. The van der Waals surface area contributed by atoms with Crippen LogP contribution in [0.25, 0.3) is 110 Å². The molecule has 0 fully saturated rings. The Hall–Kier alpha value is -7.88. The summed E-state index contributed by atoms with van der Waals surface area (Å²) >= 11 is 0. The van der Waals surface area contributed by atoms with Crippen LogP contribution in [0.3, 0.4) is 0 Å². The highest BCUT2D eigenvalue weighted by Crippen LogP contribution is 2.44. The summed E-state index contributed by atoms with van der Waals surface area (Å²) in [5.74, 6) is 0.756. The zero-order valence-electron chi connectivity index (χ0n) is 30.0. The van der Waals surface area contributed by atoms with Gasteiger partial charge in [-0.2, -0.15) is 5.26 Å². The van der Waals surface area contributed by atoms with Gasteiger partial charge in [0.2, 0.25) is 0 Å². The van der Waals surface area contributed by atoms with Crippen molar-refractivity contribution in [1.82, 2.24) is 14.1 Å². The van der Waals surface area contributed by atoms with E-state index in [1.54, 1.807) is 0 Å². The predicted molar refractivity (Wildman–Crippen MR) is 229 cm³/mol. The summed E-state index contributed by atoms with van der Waals surface area (Å²) in [5.41, 5.74) is 10.8. The molecule has 0 aliphatic heterocycles. The fourth-order valence-electron chi connectivity index (χ4n) is 8.64. The van der Waals surface area contributed by atoms with Gasteiger partial charge >= 0.3 is 0 Å². The van der Waals surface area contributed by atoms with Gasteiger partial charge in [0.15, 0.2) is 11.2 Å². The van der Waals surface area contributed by atoms with E-state index in [1.165, 1.54) is 0 Å². The van der Waals surface area contributed by atoms with E-state index in [-0.39, 0.29) is 0 Å². The summed E-state index contributed by atoms with van der Waals surface area (Å²) in [5, 5.41) is 18.4. The number of benzene rings is 7. The second-order valence-electron chi connectivity index (χ2n) is 13.8. The van der Waals surface area contributed by atoms with Crippen LogP contribution in [-0.4, -0.2) is 14.1 Å². The third kappa shape index (κ3) is 4.34. The zero-order valence-corrected chi connectivity index (χ0v) is 30.0. The molecule has 12 aromatic rings. The number of hydrogen-bond acceptors (Lipinski definition) is 4. The summed E-state index contributed by atoms with van der Waals surface area (Å²) in [6.07, 6.45) is 1.98. The van der Waals surface area contributed by atoms with Crippen LogP contribution in [0.1, 0.15) is 5.56 Å². The van der Waals surface area contributed by atoms with E-state index in [0.717, 1.165) is 110 Å². The summed E-state index contributed by atoms with van der Waals surface area (Å²) < 4.78 is 17.9. The van der Waals surface area contributed by atoms with Gasteiger partial charge in [0, 0.05) is 48.7 Å². The highest BCUT2D eigenvalue weighted by atomic mass is 16.3. The number of pyridine rings is 1. The van der Waals surface area contributed by atoms with Crippen molar-refractivity contribution in [2.45, 2.75) is 0 Å². The minimum Gasteiger partial charge on any atom is -0.454 e. The lowest BCUT2D eigenvalue weighted by molar-refractivity contribution is 0.670. The van der Waals surface area contributed by atoms with Crippen LogP contribution >= 0.6 is 0 Å². The molecule has 0 spiro atoms. The number of nitriles is 1. The summed E-state index contributed by atoms with van der Waals surface area (Å²) in [7, 11) is 0. The van der Waals surface area contributed by atoms with Gasteiger partial charge in [-0.15, -0.1) is 13.2 Å². The largest absolute Gasteiger partial charge is 0.454 e. The molecule has 0 atom stereocenters. The maximum absolute atomic E-state index is 9.72. The molecule has 0 aliphatic carbocycles. The molecule has 0 radical (unpaired) electrons. The molecule has 0 N–H and O–H groups in total. The van der Waals surface area contributed by atoms with Crippen molar-refractivity contribution in [3.63, 3.8) is 0 Å². The van der Waals surface area contributed by atoms with E-state index in [0.29, 0.717) is 5.56 Å². The predicted octanol–water partition coefficient (Wildman–Crippen LogP) is 13.4. The van der Waals surface area contributed by atoms with E-state index in [4.69, 9.17) is 13.8 Å². The van der Waals surface area contributed by atoms with Crippen molar-refractivity contribution in [2.24, 2.45) is 0 Å². The molecule has 5 aromatic heterocycles. The number of fused-ring (bicyclic) bond motifs is 14. The van der Waals surface area contributed by atoms with Crippen molar-refractivity contribution in [3.8, 4) is 28.7 Å². The fraction of sp³-hybridized carbons (Fsp3) is 0. The zero-order chi connectivity index (χ0) is 37.5. The Morgan fingerprint density at radius 2 is 0.982 bits per heavy atom. The van der Waals surface area contributed by atoms with Gasteiger partial charge in [0.05, 0.1) is 45.6 Å². The molecular formula is C50H30N4O2. The van der Waals surface area contributed by atoms with E-state index in [1.807, 2.05) is 54.7 Å². The number of aromatic nitrogens is 3. The molecule has 0 saturated carbocycles. The first-order chi connectivity index (χ1) is 27.7. The fourth-order valence-corrected chi connectivity index (χ4v) is 8.64. The van der Waals surface area contributed by atoms with Crippen LogP contribution in [0.2, 0.25) is 0 Å². The Morgan fingerprint density at radius 1 is 0.500 bits per heavy atom. The lowest BCUT2D eigenvalue weighted by atomic mass is 10.0. The van der Waals surface area contributed by atoms with E-state index in [2.05, 4.69) is 131 Å². The number of rotatable bonds is 3. The summed E-state index contributed by atoms with van der Waals surface area (Å²) in [6.45, 7) is 6.00. The lowest BCUT2D eigenvalue weighted by Gasteiger charge is -2.16. The second kappa shape index (κ2) is 12.1. The van der Waals surface area contributed by atoms with Crippen molar-refractivity contribution in [2.75, 3.05) is 0 Å². The maximum atomic E-state index is 9.72. The van der Waals surface area contributed by atoms with Crippen LogP contribution < -0.4 is 0 Å².